The molecule has 10 heavy (non-hydrogen) atoms. The maximum atomic E-state index is 9.62. The lowest BCUT2D eigenvalue weighted by atomic mass is 9.86. The molecular formula is C7H16N2O. The zero-order valence-corrected chi connectivity index (χ0v) is 6.43. The van der Waals surface area contributed by atoms with E-state index in [1.807, 2.05) is 0 Å². The smallest absolute Gasteiger partial charge is 0.104 e. The molecule has 1 fully saturated rings. The predicted octanol–water partition coefficient (Wildman–Crippen LogP) is -0.552. The highest BCUT2D eigenvalue weighted by molar-refractivity contribution is 5.00. The number of aliphatic hydroxyl groups is 1. The van der Waals surface area contributed by atoms with Gasteiger partial charge in [-0.1, -0.05) is 13.3 Å². The van der Waals surface area contributed by atoms with E-state index in [-0.39, 0.29) is 6.04 Å². The molecule has 3 nitrogen and oxygen atoms in total. The van der Waals surface area contributed by atoms with Crippen LogP contribution in [0.5, 0.6) is 0 Å². The fraction of sp³-hybridized carbons (Fsp3) is 1.00. The first-order chi connectivity index (χ1) is 4.69. The molecule has 1 unspecified atom stereocenters. The van der Waals surface area contributed by atoms with Gasteiger partial charge >= 0.3 is 0 Å². The molecule has 0 bridgehead atoms. The van der Waals surface area contributed by atoms with E-state index in [9.17, 15) is 5.11 Å². The largest absolute Gasteiger partial charge is 0.386 e. The van der Waals surface area contributed by atoms with E-state index >= 15 is 0 Å². The average molecular weight is 144 g/mol. The minimum absolute atomic E-state index is 0.0428. The SMILES string of the molecule is CCCC(N)C1(O)CNC1. The van der Waals surface area contributed by atoms with Crippen molar-refractivity contribution in [3.8, 4) is 0 Å². The van der Waals surface area contributed by atoms with Crippen LogP contribution in [0, 0.1) is 0 Å². The molecule has 0 aliphatic carbocycles. The molecule has 1 aliphatic heterocycles. The Bertz CT molecular complexity index is 112. The molecule has 0 saturated carbocycles. The van der Waals surface area contributed by atoms with Crippen LogP contribution in [0.25, 0.3) is 0 Å². The molecule has 1 heterocycles. The van der Waals surface area contributed by atoms with Gasteiger partial charge in [-0.25, -0.2) is 0 Å². The molecule has 0 radical (unpaired) electrons. The number of β-amino-alcohol motifs (C(OH)–C–C–N with tert-alkyl or cyclic N) is 1. The Balaban J connectivity index is 2.31. The first-order valence-electron chi connectivity index (χ1n) is 3.88. The number of nitrogens with two attached hydrogens (primary N) is 1. The minimum Gasteiger partial charge on any atom is -0.386 e. The number of hydrogen-bond donors (Lipinski definition) is 3. The van der Waals surface area contributed by atoms with Crippen molar-refractivity contribution >= 4 is 0 Å². The topological polar surface area (TPSA) is 58.3 Å². The lowest BCUT2D eigenvalue weighted by molar-refractivity contribution is -0.0344. The summed E-state index contributed by atoms with van der Waals surface area (Å²) < 4.78 is 0. The van der Waals surface area contributed by atoms with E-state index < -0.39 is 5.60 Å². The summed E-state index contributed by atoms with van der Waals surface area (Å²) in [6, 6.07) is -0.0428. The van der Waals surface area contributed by atoms with Gasteiger partial charge in [0.25, 0.3) is 0 Å². The second-order valence-corrected chi connectivity index (χ2v) is 3.10. The molecule has 0 amide bonds. The van der Waals surface area contributed by atoms with E-state index in [0.29, 0.717) is 13.1 Å². The van der Waals surface area contributed by atoms with Gasteiger partial charge in [0.15, 0.2) is 0 Å². The van der Waals surface area contributed by atoms with Crippen molar-refractivity contribution in [2.75, 3.05) is 13.1 Å². The van der Waals surface area contributed by atoms with Crippen LogP contribution in [0.2, 0.25) is 0 Å². The van der Waals surface area contributed by atoms with Crippen molar-refractivity contribution in [2.24, 2.45) is 5.73 Å². The van der Waals surface area contributed by atoms with E-state index in [2.05, 4.69) is 12.2 Å². The Morgan fingerprint density at radius 3 is 2.60 bits per heavy atom. The Labute approximate surface area is 61.6 Å². The summed E-state index contributed by atoms with van der Waals surface area (Å²) in [7, 11) is 0. The lowest BCUT2D eigenvalue weighted by Crippen LogP contribution is -2.68. The average Bonchev–Trinajstić information content (AvgIpc) is 1.83. The number of nitrogens with one attached hydrogen (secondary N) is 1. The van der Waals surface area contributed by atoms with Crippen LogP contribution in [0.4, 0.5) is 0 Å². The third kappa shape index (κ3) is 1.31. The van der Waals surface area contributed by atoms with Crippen molar-refractivity contribution in [1.82, 2.24) is 5.32 Å². The Hall–Kier alpha value is -0.120. The van der Waals surface area contributed by atoms with Crippen LogP contribution in [-0.4, -0.2) is 29.8 Å². The summed E-state index contributed by atoms with van der Waals surface area (Å²) in [5.41, 5.74) is 5.13. The Kier molecular flexibility index (Phi) is 2.28. The fourth-order valence-corrected chi connectivity index (χ4v) is 1.22. The van der Waals surface area contributed by atoms with Crippen molar-refractivity contribution in [3.05, 3.63) is 0 Å². The van der Waals surface area contributed by atoms with Crippen molar-refractivity contribution in [2.45, 2.75) is 31.4 Å². The highest BCUT2D eigenvalue weighted by Gasteiger charge is 2.39. The second kappa shape index (κ2) is 2.86. The maximum Gasteiger partial charge on any atom is 0.104 e. The molecule has 1 saturated heterocycles. The summed E-state index contributed by atoms with van der Waals surface area (Å²) in [5, 5.41) is 12.6. The van der Waals surface area contributed by atoms with Gasteiger partial charge in [-0.3, -0.25) is 0 Å². The third-order valence-electron chi connectivity index (χ3n) is 2.15. The van der Waals surface area contributed by atoms with E-state index in [0.717, 1.165) is 12.8 Å². The highest BCUT2D eigenvalue weighted by Crippen LogP contribution is 2.17. The summed E-state index contributed by atoms with van der Waals surface area (Å²) in [5.74, 6) is 0. The minimum atomic E-state index is -0.601. The summed E-state index contributed by atoms with van der Waals surface area (Å²) in [6.07, 6.45) is 1.96. The van der Waals surface area contributed by atoms with Crippen LogP contribution in [-0.2, 0) is 0 Å². The Morgan fingerprint density at radius 2 is 2.30 bits per heavy atom. The summed E-state index contributed by atoms with van der Waals surface area (Å²) in [6.45, 7) is 3.40. The number of hydrogen-bond acceptors (Lipinski definition) is 3. The monoisotopic (exact) mass is 144 g/mol. The zero-order valence-electron chi connectivity index (χ0n) is 6.43. The molecule has 3 heteroatoms. The van der Waals surface area contributed by atoms with Crippen molar-refractivity contribution in [1.29, 1.82) is 0 Å². The van der Waals surface area contributed by atoms with Gasteiger partial charge in [0, 0.05) is 19.1 Å². The molecule has 60 valence electrons. The molecule has 0 spiro atoms. The van der Waals surface area contributed by atoms with E-state index in [1.165, 1.54) is 0 Å². The van der Waals surface area contributed by atoms with Gasteiger partial charge in [-0.05, 0) is 6.42 Å². The summed E-state index contributed by atoms with van der Waals surface area (Å²) in [4.78, 5) is 0. The van der Waals surface area contributed by atoms with E-state index in [4.69, 9.17) is 5.73 Å². The second-order valence-electron chi connectivity index (χ2n) is 3.10. The quantitative estimate of drug-likeness (QED) is 0.498. The molecule has 4 N–H and O–H groups in total. The third-order valence-corrected chi connectivity index (χ3v) is 2.15. The lowest BCUT2D eigenvalue weighted by Gasteiger charge is -2.42. The molecular weight excluding hydrogens is 128 g/mol. The van der Waals surface area contributed by atoms with Gasteiger partial charge < -0.3 is 16.2 Å². The van der Waals surface area contributed by atoms with Crippen molar-refractivity contribution in [3.63, 3.8) is 0 Å². The summed E-state index contributed by atoms with van der Waals surface area (Å²) >= 11 is 0. The van der Waals surface area contributed by atoms with Gasteiger partial charge in [-0.2, -0.15) is 0 Å². The van der Waals surface area contributed by atoms with Crippen LogP contribution in [0.3, 0.4) is 0 Å². The maximum absolute atomic E-state index is 9.62. The van der Waals surface area contributed by atoms with E-state index in [1.54, 1.807) is 0 Å². The van der Waals surface area contributed by atoms with Crippen LogP contribution in [0.1, 0.15) is 19.8 Å². The van der Waals surface area contributed by atoms with Crippen LogP contribution < -0.4 is 11.1 Å². The Morgan fingerprint density at radius 1 is 1.70 bits per heavy atom. The van der Waals surface area contributed by atoms with Crippen LogP contribution in [0.15, 0.2) is 0 Å². The molecule has 0 aromatic heterocycles. The number of rotatable bonds is 3. The predicted molar refractivity (Wildman–Crippen MR) is 40.7 cm³/mol. The van der Waals surface area contributed by atoms with Crippen molar-refractivity contribution < 1.29 is 5.11 Å². The van der Waals surface area contributed by atoms with Crippen LogP contribution >= 0.6 is 0 Å². The molecule has 0 aromatic rings. The van der Waals surface area contributed by atoms with Gasteiger partial charge in [0.1, 0.15) is 5.60 Å². The molecule has 0 aromatic carbocycles. The molecule has 1 rings (SSSR count). The standard InChI is InChI=1S/C7H16N2O/c1-2-3-6(8)7(10)4-9-5-7/h6,9-10H,2-5,8H2,1H3. The zero-order chi connectivity index (χ0) is 7.61. The van der Waals surface area contributed by atoms with Gasteiger partial charge in [-0.15, -0.1) is 0 Å². The van der Waals surface area contributed by atoms with Gasteiger partial charge in [0.2, 0.25) is 0 Å². The fourth-order valence-electron chi connectivity index (χ4n) is 1.22. The molecule has 1 aliphatic rings. The normalized spacial score (nSPS) is 25.5. The first kappa shape index (κ1) is 7.98. The first-order valence-corrected chi connectivity index (χ1v) is 3.88. The molecule has 1 atom stereocenters. The van der Waals surface area contributed by atoms with Gasteiger partial charge in [0.05, 0.1) is 0 Å². The highest BCUT2D eigenvalue weighted by atomic mass is 16.3.